The molecule has 2 fully saturated rings. The molecule has 4 rings (SSSR count). The van der Waals surface area contributed by atoms with Gasteiger partial charge in [0.05, 0.1) is 13.2 Å². The number of hydrogen-bond acceptors (Lipinski definition) is 6. The van der Waals surface area contributed by atoms with Crippen LogP contribution in [0.4, 0.5) is 9.59 Å². The first-order chi connectivity index (χ1) is 19.2. The predicted octanol–water partition coefficient (Wildman–Crippen LogP) is 5.68. The molecule has 1 unspecified atom stereocenters. The fourth-order valence-electron chi connectivity index (χ4n) is 4.60. The maximum atomic E-state index is 12.9. The minimum absolute atomic E-state index is 0.0168. The molecule has 1 aromatic rings. The zero-order chi connectivity index (χ0) is 30.9. The van der Waals surface area contributed by atoms with Crippen LogP contribution in [-0.4, -0.2) is 70.6 Å². The average molecular weight is 565 g/mol. The highest BCUT2D eigenvalue weighted by Gasteiger charge is 2.54. The summed E-state index contributed by atoms with van der Waals surface area (Å²) in [5, 5.41) is 14.8. The van der Waals surface area contributed by atoms with E-state index in [4.69, 9.17) is 4.74 Å². The van der Waals surface area contributed by atoms with E-state index in [1.165, 1.54) is 29.9 Å². The number of ether oxygens (including phenoxy) is 1. The topological polar surface area (TPSA) is 128 Å². The second-order valence-corrected chi connectivity index (χ2v) is 9.26. The lowest BCUT2D eigenvalue weighted by Crippen LogP contribution is -2.62. The van der Waals surface area contributed by atoms with Crippen LogP contribution in [0.2, 0.25) is 0 Å². The van der Waals surface area contributed by atoms with Gasteiger partial charge in [0.2, 0.25) is 0 Å². The van der Waals surface area contributed by atoms with Gasteiger partial charge in [-0.2, -0.15) is 0 Å². The first-order valence-electron chi connectivity index (χ1n) is 14.8. The van der Waals surface area contributed by atoms with Crippen molar-refractivity contribution in [3.05, 3.63) is 29.3 Å². The van der Waals surface area contributed by atoms with E-state index >= 15 is 0 Å². The van der Waals surface area contributed by atoms with Gasteiger partial charge in [-0.25, -0.2) is 9.59 Å². The lowest BCUT2D eigenvalue weighted by atomic mass is 9.77. The van der Waals surface area contributed by atoms with Gasteiger partial charge in [-0.1, -0.05) is 68.2 Å². The van der Waals surface area contributed by atoms with Crippen LogP contribution >= 0.6 is 0 Å². The number of rotatable bonds is 4. The van der Waals surface area contributed by atoms with Gasteiger partial charge >= 0.3 is 12.1 Å². The van der Waals surface area contributed by atoms with Crippen LogP contribution in [0.3, 0.4) is 0 Å². The Labute approximate surface area is 240 Å². The molecule has 3 aliphatic heterocycles. The zero-order valence-corrected chi connectivity index (χ0v) is 26.1. The van der Waals surface area contributed by atoms with E-state index in [-0.39, 0.29) is 37.3 Å². The first kappa shape index (κ1) is 36.7. The summed E-state index contributed by atoms with van der Waals surface area (Å²) < 4.78 is 5.04. The quantitative estimate of drug-likeness (QED) is 0.404. The smallest absolute Gasteiger partial charge is 0.409 e. The van der Waals surface area contributed by atoms with Crippen LogP contribution < -0.4 is 10.6 Å². The number of benzene rings is 1. The van der Waals surface area contributed by atoms with Crippen molar-refractivity contribution in [1.29, 1.82) is 0 Å². The monoisotopic (exact) mass is 564 g/mol. The van der Waals surface area contributed by atoms with Crippen LogP contribution in [0.1, 0.15) is 104 Å². The van der Waals surface area contributed by atoms with E-state index in [1.54, 1.807) is 17.9 Å². The summed E-state index contributed by atoms with van der Waals surface area (Å²) in [5.74, 6) is -0.896. The summed E-state index contributed by atoms with van der Waals surface area (Å²) in [5.41, 5.74) is -0.112. The highest BCUT2D eigenvalue weighted by molar-refractivity contribution is 6.08. The Morgan fingerprint density at radius 1 is 1.00 bits per heavy atom. The normalized spacial score (nSPS) is 19.2. The van der Waals surface area contributed by atoms with Crippen LogP contribution in [0.25, 0.3) is 0 Å². The van der Waals surface area contributed by atoms with E-state index < -0.39 is 23.6 Å². The molecule has 40 heavy (non-hydrogen) atoms. The number of phenolic OH excluding ortho intramolecular Hbond substituents is 1. The third-order valence-electron chi connectivity index (χ3n) is 6.09. The maximum Gasteiger partial charge on any atom is 0.409 e. The Hall–Kier alpha value is -3.30. The minimum atomic E-state index is -1.27. The number of imide groups is 1. The molecule has 0 bridgehead atoms. The number of carbonyl (C=O) groups excluding carboxylic acids is 4. The second kappa shape index (κ2) is 18.9. The molecule has 0 aromatic heterocycles. The van der Waals surface area contributed by atoms with Crippen molar-refractivity contribution >= 4 is 23.9 Å². The van der Waals surface area contributed by atoms with Crippen molar-refractivity contribution in [2.45, 2.75) is 100 Å². The molecular weight excluding hydrogens is 512 g/mol. The summed E-state index contributed by atoms with van der Waals surface area (Å²) in [6.07, 6.45) is 3.08. The van der Waals surface area contributed by atoms with Gasteiger partial charge in [0.1, 0.15) is 11.3 Å². The molecule has 3 N–H and O–H groups in total. The van der Waals surface area contributed by atoms with Gasteiger partial charge in [-0.3, -0.25) is 14.9 Å². The van der Waals surface area contributed by atoms with Gasteiger partial charge in [0, 0.05) is 25.2 Å². The van der Waals surface area contributed by atoms with Crippen LogP contribution in [0.5, 0.6) is 5.75 Å². The van der Waals surface area contributed by atoms with Crippen molar-refractivity contribution in [3.63, 3.8) is 0 Å². The standard InChI is InChI=1S/C20H24N4O6.2C3H8.2C2H6/c1-2-30-19(29)23-7-5-13(6-8-23)20(17(27)21-18(28)22-20)11-24-10-12-9-14(25)3-4-15(12)16(24)26;2*1-3-2;2*1-2/h3-4,9,13,25H,2,5-8,10-11H2,1H3,(H2,21,22,27,28);2*3H2,1-2H3;2*1-2H3. The van der Waals surface area contributed by atoms with E-state index in [0.29, 0.717) is 37.1 Å². The molecule has 0 radical (unpaired) electrons. The molecule has 0 saturated carbocycles. The number of urea groups is 1. The molecule has 0 aliphatic carbocycles. The summed E-state index contributed by atoms with van der Waals surface area (Å²) in [6, 6.07) is 3.95. The van der Waals surface area contributed by atoms with Crippen molar-refractivity contribution in [2.24, 2.45) is 5.92 Å². The fraction of sp³-hybridized carbons (Fsp3) is 0.667. The van der Waals surface area contributed by atoms with Crippen molar-refractivity contribution in [2.75, 3.05) is 26.2 Å². The number of nitrogens with one attached hydrogen (secondary N) is 2. The van der Waals surface area contributed by atoms with Gasteiger partial charge in [0.15, 0.2) is 0 Å². The number of carbonyl (C=O) groups is 4. The molecule has 0 spiro atoms. The van der Waals surface area contributed by atoms with E-state index in [0.717, 1.165) is 0 Å². The molecule has 2 saturated heterocycles. The number of nitrogens with zero attached hydrogens (tertiary/aromatic N) is 2. The molecular formula is C30H52N4O6. The minimum Gasteiger partial charge on any atom is -0.508 e. The van der Waals surface area contributed by atoms with Crippen LogP contribution in [-0.2, 0) is 16.1 Å². The third kappa shape index (κ3) is 9.41. The highest BCUT2D eigenvalue weighted by Crippen LogP contribution is 2.35. The van der Waals surface area contributed by atoms with E-state index in [9.17, 15) is 24.3 Å². The number of phenols is 1. The summed E-state index contributed by atoms with van der Waals surface area (Å²) in [7, 11) is 0. The SMILES string of the molecule is CC.CC.CCC.CCC.CCOC(=O)N1CCC(C2(CN3Cc4cc(O)ccc4C3=O)NC(=O)NC2=O)CC1. The van der Waals surface area contributed by atoms with Crippen molar-refractivity contribution < 1.29 is 29.0 Å². The van der Waals surface area contributed by atoms with Crippen molar-refractivity contribution in [1.82, 2.24) is 20.4 Å². The number of piperidine rings is 1. The van der Waals surface area contributed by atoms with Crippen molar-refractivity contribution in [3.8, 4) is 5.75 Å². The molecule has 5 amide bonds. The third-order valence-corrected chi connectivity index (χ3v) is 6.09. The molecule has 1 aromatic carbocycles. The Kier molecular flexibility index (Phi) is 17.3. The summed E-state index contributed by atoms with van der Waals surface area (Å²) in [4.78, 5) is 52.8. The lowest BCUT2D eigenvalue weighted by molar-refractivity contribution is -0.127. The number of amides is 5. The Morgan fingerprint density at radius 2 is 1.55 bits per heavy atom. The zero-order valence-electron chi connectivity index (χ0n) is 26.1. The lowest BCUT2D eigenvalue weighted by Gasteiger charge is -2.41. The Morgan fingerprint density at radius 3 is 2.02 bits per heavy atom. The first-order valence-corrected chi connectivity index (χ1v) is 14.8. The average Bonchev–Trinajstić information content (AvgIpc) is 3.41. The fourth-order valence-corrected chi connectivity index (χ4v) is 4.60. The van der Waals surface area contributed by atoms with E-state index in [2.05, 4.69) is 38.3 Å². The number of hydrogen-bond donors (Lipinski definition) is 3. The molecule has 3 aliphatic rings. The molecule has 1 atom stereocenters. The predicted molar refractivity (Wildman–Crippen MR) is 158 cm³/mol. The largest absolute Gasteiger partial charge is 0.508 e. The van der Waals surface area contributed by atoms with Gasteiger partial charge in [0.25, 0.3) is 11.8 Å². The maximum absolute atomic E-state index is 12.9. The van der Waals surface area contributed by atoms with Gasteiger partial charge < -0.3 is 25.0 Å². The van der Waals surface area contributed by atoms with Gasteiger partial charge in [-0.15, -0.1) is 0 Å². The van der Waals surface area contributed by atoms with Crippen LogP contribution in [0.15, 0.2) is 18.2 Å². The Balaban J connectivity index is 0.00000135. The molecule has 10 heteroatoms. The molecule has 3 heterocycles. The highest BCUT2D eigenvalue weighted by atomic mass is 16.6. The second-order valence-electron chi connectivity index (χ2n) is 9.26. The number of likely N-dealkylation sites (tertiary alicyclic amines) is 1. The van der Waals surface area contributed by atoms with E-state index in [1.807, 2.05) is 27.7 Å². The summed E-state index contributed by atoms with van der Waals surface area (Å²) >= 11 is 0. The Bertz CT molecular complexity index is 944. The molecule has 228 valence electrons. The summed E-state index contributed by atoms with van der Waals surface area (Å²) in [6.45, 7) is 19.6. The molecule has 10 nitrogen and oxygen atoms in total. The van der Waals surface area contributed by atoms with Gasteiger partial charge in [-0.05, 0) is 49.4 Å². The van der Waals surface area contributed by atoms with Crippen LogP contribution in [0, 0.1) is 5.92 Å². The number of aromatic hydroxyl groups is 1. The number of fused-ring (bicyclic) bond motifs is 1.